The average Bonchev–Trinajstić information content (AvgIpc) is 2.66. The van der Waals surface area contributed by atoms with Gasteiger partial charge in [0.05, 0.1) is 18.1 Å². The van der Waals surface area contributed by atoms with Crippen molar-refractivity contribution in [2.24, 2.45) is 5.73 Å². The quantitative estimate of drug-likeness (QED) is 0.680. The van der Waals surface area contributed by atoms with Crippen LogP contribution >= 0.6 is 0 Å². The van der Waals surface area contributed by atoms with Gasteiger partial charge < -0.3 is 20.7 Å². The molecule has 1 aromatic carbocycles. The highest BCUT2D eigenvalue weighted by Gasteiger charge is 2.23. The van der Waals surface area contributed by atoms with E-state index in [2.05, 4.69) is 10.2 Å². The summed E-state index contributed by atoms with van der Waals surface area (Å²) in [7, 11) is 1.55. The van der Waals surface area contributed by atoms with Gasteiger partial charge in [0.25, 0.3) is 5.91 Å². The van der Waals surface area contributed by atoms with Crippen LogP contribution in [-0.4, -0.2) is 80.6 Å². The molecule has 0 radical (unpaired) electrons. The summed E-state index contributed by atoms with van der Waals surface area (Å²) in [6.45, 7) is 4.17. The number of hydrogen-bond donors (Lipinski definition) is 2. The van der Waals surface area contributed by atoms with E-state index in [0.717, 1.165) is 13.1 Å². The second kappa shape index (κ2) is 10.2. The first kappa shape index (κ1) is 20.3. The maximum Gasteiger partial charge on any atom is 0.254 e. The van der Waals surface area contributed by atoms with Gasteiger partial charge in [-0.25, -0.2) is 4.39 Å². The van der Waals surface area contributed by atoms with Crippen molar-refractivity contribution in [3.8, 4) is 0 Å². The molecule has 0 bridgehead atoms. The summed E-state index contributed by atoms with van der Waals surface area (Å²) in [5.41, 5.74) is 5.60. The highest BCUT2D eigenvalue weighted by molar-refractivity contribution is 5.94. The SMILES string of the molecule is COC(CN)CC(=O)N1CCN(CCNC(=O)c2ccccc2F)CC1. The Morgan fingerprint density at radius 3 is 2.58 bits per heavy atom. The van der Waals surface area contributed by atoms with Crippen LogP contribution in [0, 0.1) is 5.82 Å². The predicted octanol–water partition coefficient (Wildman–Crippen LogP) is 0.0635. The Bertz CT molecular complexity index is 602. The Hall–Kier alpha value is -2.03. The number of benzene rings is 1. The summed E-state index contributed by atoms with van der Waals surface area (Å²) >= 11 is 0. The minimum Gasteiger partial charge on any atom is -0.380 e. The number of methoxy groups -OCH3 is 1. The molecule has 0 aliphatic carbocycles. The summed E-state index contributed by atoms with van der Waals surface area (Å²) in [5, 5.41) is 2.73. The number of halogens is 1. The Morgan fingerprint density at radius 1 is 1.27 bits per heavy atom. The van der Waals surface area contributed by atoms with E-state index in [0.29, 0.717) is 39.1 Å². The Labute approximate surface area is 153 Å². The molecule has 0 aromatic heterocycles. The van der Waals surface area contributed by atoms with Crippen molar-refractivity contribution in [2.45, 2.75) is 12.5 Å². The van der Waals surface area contributed by atoms with E-state index in [-0.39, 0.29) is 17.6 Å². The van der Waals surface area contributed by atoms with Crippen LogP contribution in [0.15, 0.2) is 24.3 Å². The molecule has 1 fully saturated rings. The molecule has 1 unspecified atom stereocenters. The van der Waals surface area contributed by atoms with Crippen LogP contribution in [0.25, 0.3) is 0 Å². The number of rotatable bonds is 8. The van der Waals surface area contributed by atoms with Crippen molar-refractivity contribution < 1.29 is 18.7 Å². The number of nitrogens with two attached hydrogens (primary N) is 1. The molecule has 1 heterocycles. The van der Waals surface area contributed by atoms with E-state index < -0.39 is 11.7 Å². The van der Waals surface area contributed by atoms with Crippen LogP contribution in [0.2, 0.25) is 0 Å². The predicted molar refractivity (Wildman–Crippen MR) is 96.2 cm³/mol. The minimum atomic E-state index is -0.524. The monoisotopic (exact) mass is 366 g/mol. The average molecular weight is 366 g/mol. The van der Waals surface area contributed by atoms with E-state index in [1.54, 1.807) is 19.2 Å². The second-order valence-corrected chi connectivity index (χ2v) is 6.26. The molecule has 2 amide bonds. The van der Waals surface area contributed by atoms with Gasteiger partial charge in [0.1, 0.15) is 5.82 Å². The van der Waals surface area contributed by atoms with Crippen LogP contribution in [0.3, 0.4) is 0 Å². The lowest BCUT2D eigenvalue weighted by Crippen LogP contribution is -2.51. The van der Waals surface area contributed by atoms with Crippen LogP contribution in [0.5, 0.6) is 0 Å². The highest BCUT2D eigenvalue weighted by atomic mass is 19.1. The maximum atomic E-state index is 13.6. The van der Waals surface area contributed by atoms with Crippen molar-refractivity contribution in [1.82, 2.24) is 15.1 Å². The van der Waals surface area contributed by atoms with Crippen LogP contribution in [0.4, 0.5) is 4.39 Å². The molecule has 1 saturated heterocycles. The third kappa shape index (κ3) is 5.76. The lowest BCUT2D eigenvalue weighted by atomic mass is 10.2. The smallest absolute Gasteiger partial charge is 0.254 e. The molecule has 0 saturated carbocycles. The van der Waals surface area contributed by atoms with Gasteiger partial charge in [0.2, 0.25) is 5.91 Å². The summed E-state index contributed by atoms with van der Waals surface area (Å²) < 4.78 is 18.7. The highest BCUT2D eigenvalue weighted by Crippen LogP contribution is 2.07. The van der Waals surface area contributed by atoms with Crippen LogP contribution < -0.4 is 11.1 Å². The van der Waals surface area contributed by atoms with Gasteiger partial charge in [-0.2, -0.15) is 0 Å². The van der Waals surface area contributed by atoms with E-state index in [9.17, 15) is 14.0 Å². The zero-order valence-corrected chi connectivity index (χ0v) is 15.1. The summed E-state index contributed by atoms with van der Waals surface area (Å²) in [4.78, 5) is 28.2. The van der Waals surface area contributed by atoms with E-state index in [4.69, 9.17) is 10.5 Å². The fourth-order valence-corrected chi connectivity index (χ4v) is 2.88. The first-order valence-electron chi connectivity index (χ1n) is 8.81. The fourth-order valence-electron chi connectivity index (χ4n) is 2.88. The van der Waals surface area contributed by atoms with Gasteiger partial charge in [0.15, 0.2) is 0 Å². The molecule has 1 aliphatic rings. The molecule has 144 valence electrons. The van der Waals surface area contributed by atoms with Crippen molar-refractivity contribution in [1.29, 1.82) is 0 Å². The van der Waals surface area contributed by atoms with E-state index >= 15 is 0 Å². The third-order valence-electron chi connectivity index (χ3n) is 4.56. The largest absolute Gasteiger partial charge is 0.380 e. The van der Waals surface area contributed by atoms with Crippen molar-refractivity contribution in [2.75, 3.05) is 52.9 Å². The van der Waals surface area contributed by atoms with Gasteiger partial charge in [-0.1, -0.05) is 12.1 Å². The first-order valence-corrected chi connectivity index (χ1v) is 8.81. The van der Waals surface area contributed by atoms with Crippen molar-refractivity contribution in [3.63, 3.8) is 0 Å². The van der Waals surface area contributed by atoms with Gasteiger partial charge in [0, 0.05) is 52.9 Å². The molecular formula is C18H27FN4O3. The number of carbonyl (C=O) groups is 2. The second-order valence-electron chi connectivity index (χ2n) is 6.26. The topological polar surface area (TPSA) is 87.9 Å². The molecule has 8 heteroatoms. The standard InChI is InChI=1S/C18H27FN4O3/c1-26-14(13-20)12-17(24)23-10-8-22(9-11-23)7-6-21-18(25)15-4-2-3-5-16(15)19/h2-5,14H,6-13,20H2,1H3,(H,21,25). The number of carbonyl (C=O) groups excluding carboxylic acids is 2. The van der Waals surface area contributed by atoms with Gasteiger partial charge >= 0.3 is 0 Å². The lowest BCUT2D eigenvalue weighted by molar-refractivity contribution is -0.135. The van der Waals surface area contributed by atoms with Crippen LogP contribution in [0.1, 0.15) is 16.8 Å². The summed E-state index contributed by atoms with van der Waals surface area (Å²) in [6.07, 6.45) is 0.0558. The number of nitrogens with zero attached hydrogens (tertiary/aromatic N) is 2. The van der Waals surface area contributed by atoms with Crippen molar-refractivity contribution >= 4 is 11.8 Å². The third-order valence-corrected chi connectivity index (χ3v) is 4.56. The zero-order chi connectivity index (χ0) is 18.9. The Balaban J connectivity index is 1.68. The molecule has 1 aromatic rings. The molecule has 3 N–H and O–H groups in total. The van der Waals surface area contributed by atoms with Gasteiger partial charge in [-0.15, -0.1) is 0 Å². The molecule has 26 heavy (non-hydrogen) atoms. The van der Waals surface area contributed by atoms with Gasteiger partial charge in [-0.3, -0.25) is 14.5 Å². The molecule has 0 spiro atoms. The number of piperazine rings is 1. The number of nitrogens with one attached hydrogen (secondary N) is 1. The zero-order valence-electron chi connectivity index (χ0n) is 15.1. The van der Waals surface area contributed by atoms with Crippen molar-refractivity contribution in [3.05, 3.63) is 35.6 Å². The number of ether oxygens (including phenoxy) is 1. The normalized spacial score (nSPS) is 16.3. The summed E-state index contributed by atoms with van der Waals surface area (Å²) in [6, 6.07) is 5.91. The van der Waals surface area contributed by atoms with E-state index in [1.807, 2.05) is 4.90 Å². The van der Waals surface area contributed by atoms with E-state index in [1.165, 1.54) is 12.1 Å². The molecular weight excluding hydrogens is 339 g/mol. The fraction of sp³-hybridized carbons (Fsp3) is 0.556. The molecule has 1 aliphatic heterocycles. The Kier molecular flexibility index (Phi) is 7.96. The summed E-state index contributed by atoms with van der Waals surface area (Å²) in [5.74, 6) is -0.886. The first-order chi connectivity index (χ1) is 12.5. The lowest BCUT2D eigenvalue weighted by Gasteiger charge is -2.35. The maximum absolute atomic E-state index is 13.6. The van der Waals surface area contributed by atoms with Crippen LogP contribution in [-0.2, 0) is 9.53 Å². The minimum absolute atomic E-state index is 0.0507. The Morgan fingerprint density at radius 2 is 1.96 bits per heavy atom. The molecule has 1 atom stereocenters. The van der Waals surface area contributed by atoms with Gasteiger partial charge in [-0.05, 0) is 12.1 Å². The molecule has 7 nitrogen and oxygen atoms in total. The molecule has 2 rings (SSSR count). The number of amides is 2. The number of hydrogen-bond acceptors (Lipinski definition) is 5.